The van der Waals surface area contributed by atoms with Gasteiger partial charge in [-0.25, -0.2) is 9.97 Å². The van der Waals surface area contributed by atoms with Crippen LogP contribution in [0.25, 0.3) is 11.3 Å². The maximum Gasteiger partial charge on any atom is 0.272 e. The van der Waals surface area contributed by atoms with E-state index in [4.69, 9.17) is 0 Å². The monoisotopic (exact) mass is 446 g/mol. The molecule has 1 amide bonds. The molecule has 2 aliphatic rings. The van der Waals surface area contributed by atoms with Gasteiger partial charge in [-0.1, -0.05) is 30.3 Å². The van der Waals surface area contributed by atoms with E-state index >= 15 is 0 Å². The third-order valence-electron chi connectivity index (χ3n) is 6.52. The second kappa shape index (κ2) is 9.19. The van der Waals surface area contributed by atoms with Gasteiger partial charge in [0.05, 0.1) is 5.69 Å². The molecule has 172 valence electrons. The SMILES string of the molecule is CN1CCN(c2cc(N3CCN(C(=O)c4cc(-c5ccccc5)nn4C)CC3)ncn2)CC1. The summed E-state index contributed by atoms with van der Waals surface area (Å²) in [7, 11) is 3.98. The Labute approximate surface area is 194 Å². The highest BCUT2D eigenvalue weighted by Gasteiger charge is 2.26. The van der Waals surface area contributed by atoms with Crippen molar-refractivity contribution in [2.75, 3.05) is 69.2 Å². The second-order valence-electron chi connectivity index (χ2n) is 8.71. The second-order valence-corrected chi connectivity index (χ2v) is 8.71. The first-order valence-electron chi connectivity index (χ1n) is 11.5. The van der Waals surface area contributed by atoms with Crippen molar-refractivity contribution in [2.24, 2.45) is 7.05 Å². The molecule has 0 unspecified atom stereocenters. The molecule has 0 saturated carbocycles. The smallest absolute Gasteiger partial charge is 0.272 e. The zero-order valence-electron chi connectivity index (χ0n) is 19.3. The number of amides is 1. The van der Waals surface area contributed by atoms with Gasteiger partial charge in [0, 0.05) is 71.0 Å². The number of aryl methyl sites for hydroxylation is 1. The number of carbonyl (C=O) groups is 1. The van der Waals surface area contributed by atoms with Crippen LogP contribution < -0.4 is 9.80 Å². The Morgan fingerprint density at radius 2 is 1.39 bits per heavy atom. The number of carbonyl (C=O) groups excluding carboxylic acids is 1. The van der Waals surface area contributed by atoms with Gasteiger partial charge in [0.25, 0.3) is 5.91 Å². The average Bonchev–Trinajstić information content (AvgIpc) is 3.26. The summed E-state index contributed by atoms with van der Waals surface area (Å²) in [6, 6.07) is 13.9. The number of piperazine rings is 2. The molecule has 0 N–H and O–H groups in total. The molecule has 2 fully saturated rings. The molecule has 5 rings (SSSR count). The summed E-state index contributed by atoms with van der Waals surface area (Å²) in [5.74, 6) is 1.93. The van der Waals surface area contributed by atoms with Gasteiger partial charge < -0.3 is 19.6 Å². The Morgan fingerprint density at radius 1 is 0.788 bits per heavy atom. The molecule has 4 heterocycles. The first-order chi connectivity index (χ1) is 16.1. The van der Waals surface area contributed by atoms with E-state index in [-0.39, 0.29) is 5.91 Å². The summed E-state index contributed by atoms with van der Waals surface area (Å²) in [6.45, 7) is 6.83. The van der Waals surface area contributed by atoms with E-state index in [0.29, 0.717) is 18.8 Å². The molecule has 2 aromatic heterocycles. The molecular weight excluding hydrogens is 416 g/mol. The van der Waals surface area contributed by atoms with Crippen LogP contribution in [0.1, 0.15) is 10.5 Å². The quantitative estimate of drug-likeness (QED) is 0.603. The van der Waals surface area contributed by atoms with Crippen LogP contribution in [0.3, 0.4) is 0 Å². The summed E-state index contributed by atoms with van der Waals surface area (Å²) >= 11 is 0. The summed E-state index contributed by atoms with van der Waals surface area (Å²) in [6.07, 6.45) is 1.65. The Hall–Kier alpha value is -3.46. The van der Waals surface area contributed by atoms with E-state index in [9.17, 15) is 4.79 Å². The Kier molecular flexibility index (Phi) is 5.95. The van der Waals surface area contributed by atoms with Crippen molar-refractivity contribution >= 4 is 17.5 Å². The Bertz CT molecular complexity index is 1100. The largest absolute Gasteiger partial charge is 0.354 e. The fraction of sp³-hybridized carbons (Fsp3) is 0.417. The first kappa shape index (κ1) is 21.4. The van der Waals surface area contributed by atoms with Crippen LogP contribution >= 0.6 is 0 Å². The Morgan fingerprint density at radius 3 is 2.03 bits per heavy atom. The molecule has 0 radical (unpaired) electrons. The van der Waals surface area contributed by atoms with Gasteiger partial charge in [0.1, 0.15) is 23.7 Å². The molecule has 3 aromatic rings. The molecule has 9 heteroatoms. The fourth-order valence-corrected chi connectivity index (χ4v) is 4.44. The van der Waals surface area contributed by atoms with Crippen molar-refractivity contribution in [3.05, 3.63) is 54.5 Å². The minimum atomic E-state index is 0.0210. The first-order valence-corrected chi connectivity index (χ1v) is 11.5. The molecule has 0 spiro atoms. The van der Waals surface area contributed by atoms with Crippen molar-refractivity contribution in [3.63, 3.8) is 0 Å². The van der Waals surface area contributed by atoms with Gasteiger partial charge in [-0.3, -0.25) is 9.48 Å². The molecule has 0 aliphatic carbocycles. The molecule has 1 aromatic carbocycles. The van der Waals surface area contributed by atoms with Crippen LogP contribution in [0.4, 0.5) is 11.6 Å². The average molecular weight is 447 g/mol. The lowest BCUT2D eigenvalue weighted by molar-refractivity contribution is 0.0735. The maximum atomic E-state index is 13.2. The third-order valence-corrected chi connectivity index (χ3v) is 6.52. The van der Waals surface area contributed by atoms with Crippen molar-refractivity contribution in [1.29, 1.82) is 0 Å². The van der Waals surface area contributed by atoms with Crippen molar-refractivity contribution < 1.29 is 4.79 Å². The number of likely N-dealkylation sites (N-methyl/N-ethyl adjacent to an activating group) is 1. The normalized spacial score (nSPS) is 17.5. The van der Waals surface area contributed by atoms with Gasteiger partial charge in [-0.05, 0) is 13.1 Å². The van der Waals surface area contributed by atoms with Crippen LogP contribution in [0.2, 0.25) is 0 Å². The van der Waals surface area contributed by atoms with Gasteiger partial charge in [-0.2, -0.15) is 5.10 Å². The number of nitrogens with zero attached hydrogens (tertiary/aromatic N) is 8. The van der Waals surface area contributed by atoms with Crippen LogP contribution in [-0.4, -0.2) is 94.9 Å². The highest BCUT2D eigenvalue weighted by Crippen LogP contribution is 2.22. The molecule has 2 aliphatic heterocycles. The van der Waals surface area contributed by atoms with E-state index in [2.05, 4.69) is 42.9 Å². The van der Waals surface area contributed by atoms with Gasteiger partial charge in [0.15, 0.2) is 0 Å². The maximum absolute atomic E-state index is 13.2. The van der Waals surface area contributed by atoms with E-state index in [0.717, 1.165) is 62.2 Å². The molecular formula is C24H30N8O. The molecule has 0 bridgehead atoms. The molecule has 0 atom stereocenters. The number of rotatable bonds is 4. The summed E-state index contributed by atoms with van der Waals surface area (Å²) in [5, 5.41) is 4.55. The number of hydrogen-bond acceptors (Lipinski definition) is 7. The van der Waals surface area contributed by atoms with Crippen LogP contribution in [0.15, 0.2) is 48.8 Å². The van der Waals surface area contributed by atoms with E-state index in [1.807, 2.05) is 48.3 Å². The predicted octanol–water partition coefficient (Wildman–Crippen LogP) is 1.59. The van der Waals surface area contributed by atoms with E-state index in [1.54, 1.807) is 11.0 Å². The summed E-state index contributed by atoms with van der Waals surface area (Å²) < 4.78 is 1.68. The molecule has 9 nitrogen and oxygen atoms in total. The van der Waals surface area contributed by atoms with E-state index < -0.39 is 0 Å². The van der Waals surface area contributed by atoms with Crippen molar-refractivity contribution in [1.82, 2.24) is 29.5 Å². The van der Waals surface area contributed by atoms with Crippen LogP contribution in [-0.2, 0) is 7.05 Å². The minimum absolute atomic E-state index is 0.0210. The predicted molar refractivity (Wildman–Crippen MR) is 129 cm³/mol. The van der Waals surface area contributed by atoms with Gasteiger partial charge in [0.2, 0.25) is 0 Å². The number of anilines is 2. The van der Waals surface area contributed by atoms with Crippen molar-refractivity contribution in [2.45, 2.75) is 0 Å². The summed E-state index contributed by atoms with van der Waals surface area (Å²) in [4.78, 5) is 31.0. The lowest BCUT2D eigenvalue weighted by Crippen LogP contribution is -2.49. The zero-order valence-corrected chi connectivity index (χ0v) is 19.3. The minimum Gasteiger partial charge on any atom is -0.354 e. The topological polar surface area (TPSA) is 73.6 Å². The van der Waals surface area contributed by atoms with Crippen LogP contribution in [0.5, 0.6) is 0 Å². The molecule has 33 heavy (non-hydrogen) atoms. The van der Waals surface area contributed by atoms with E-state index in [1.165, 1.54) is 0 Å². The number of benzene rings is 1. The fourth-order valence-electron chi connectivity index (χ4n) is 4.44. The standard InChI is InChI=1S/C24H30N8O/c1-28-8-10-30(11-9-28)22-17-23(26-18-25-22)31-12-14-32(15-13-31)24(33)21-16-20(27-29(21)2)19-6-4-3-5-7-19/h3-7,16-18H,8-15H2,1-2H3. The number of aromatic nitrogens is 4. The van der Waals surface area contributed by atoms with Crippen LogP contribution in [0, 0.1) is 0 Å². The lowest BCUT2D eigenvalue weighted by atomic mass is 10.1. The highest BCUT2D eigenvalue weighted by molar-refractivity contribution is 5.94. The molecule has 2 saturated heterocycles. The highest BCUT2D eigenvalue weighted by atomic mass is 16.2. The Balaban J connectivity index is 1.23. The zero-order chi connectivity index (χ0) is 22.8. The summed E-state index contributed by atoms with van der Waals surface area (Å²) in [5.41, 5.74) is 2.44. The third kappa shape index (κ3) is 4.54. The van der Waals surface area contributed by atoms with Gasteiger partial charge >= 0.3 is 0 Å². The van der Waals surface area contributed by atoms with Crippen molar-refractivity contribution in [3.8, 4) is 11.3 Å². The van der Waals surface area contributed by atoms with Gasteiger partial charge in [-0.15, -0.1) is 0 Å². The number of hydrogen-bond donors (Lipinski definition) is 0. The lowest BCUT2D eigenvalue weighted by Gasteiger charge is -2.36.